The molecule has 3 aromatic rings. The third-order valence-corrected chi connectivity index (χ3v) is 4.70. The number of β-amino-alcohol motifs (C(OH)–C–C–N with tert-alkyl or cyclic N) is 1. The number of aliphatic hydroxyl groups is 1. The monoisotopic (exact) mass is 341 g/mol. The van der Waals surface area contributed by atoms with E-state index in [0.717, 1.165) is 15.8 Å². The van der Waals surface area contributed by atoms with E-state index in [2.05, 4.69) is 4.98 Å². The molecule has 3 heterocycles. The Morgan fingerprint density at radius 1 is 1.08 bits per heavy atom. The van der Waals surface area contributed by atoms with Crippen molar-refractivity contribution >= 4 is 22.8 Å². The Morgan fingerprint density at radius 3 is 2.44 bits per heavy atom. The van der Waals surface area contributed by atoms with Gasteiger partial charge in [-0.05, 0) is 19.1 Å². The van der Waals surface area contributed by atoms with Gasteiger partial charge in [0.25, 0.3) is 5.56 Å². The van der Waals surface area contributed by atoms with E-state index in [1.165, 1.54) is 11.6 Å². The number of hydrogen-bond donors (Lipinski definition) is 1. The Kier molecular flexibility index (Phi) is 3.33. The van der Waals surface area contributed by atoms with Gasteiger partial charge in [-0.15, -0.1) is 0 Å². The van der Waals surface area contributed by atoms with Gasteiger partial charge in [-0.25, -0.2) is 4.79 Å². The molecule has 1 aliphatic rings. The first-order chi connectivity index (χ1) is 11.9. The summed E-state index contributed by atoms with van der Waals surface area (Å²) >= 11 is 0. The third-order valence-electron chi connectivity index (χ3n) is 4.70. The lowest BCUT2D eigenvalue weighted by Gasteiger charge is -2.32. The van der Waals surface area contributed by atoms with Crippen LogP contribution in [0.4, 0.5) is 11.6 Å². The van der Waals surface area contributed by atoms with Crippen molar-refractivity contribution in [2.24, 2.45) is 14.1 Å². The lowest BCUT2D eigenvalue weighted by Crippen LogP contribution is -2.40. The zero-order valence-electron chi connectivity index (χ0n) is 14.3. The number of imidazole rings is 1. The number of benzene rings is 1. The van der Waals surface area contributed by atoms with Gasteiger partial charge in [-0.2, -0.15) is 4.98 Å². The van der Waals surface area contributed by atoms with E-state index < -0.39 is 17.4 Å². The molecule has 0 radical (unpaired) electrons. The van der Waals surface area contributed by atoms with Gasteiger partial charge in [0.05, 0.1) is 19.2 Å². The highest BCUT2D eigenvalue weighted by Crippen LogP contribution is 2.31. The topological polar surface area (TPSA) is 85.3 Å². The van der Waals surface area contributed by atoms with Crippen molar-refractivity contribution in [3.63, 3.8) is 0 Å². The first kappa shape index (κ1) is 15.6. The zero-order chi connectivity index (χ0) is 17.9. The van der Waals surface area contributed by atoms with Crippen molar-refractivity contribution in [1.82, 2.24) is 18.7 Å². The van der Waals surface area contributed by atoms with Gasteiger partial charge in [0.1, 0.15) is 0 Å². The molecule has 0 spiro atoms. The van der Waals surface area contributed by atoms with Crippen molar-refractivity contribution in [2.45, 2.75) is 19.6 Å². The van der Waals surface area contributed by atoms with E-state index in [1.807, 2.05) is 36.1 Å². The highest BCUT2D eigenvalue weighted by atomic mass is 16.3. The van der Waals surface area contributed by atoms with Gasteiger partial charge in [-0.1, -0.05) is 17.7 Å². The lowest BCUT2D eigenvalue weighted by atomic mass is 10.2. The number of anilines is 2. The maximum Gasteiger partial charge on any atom is 0.332 e. The summed E-state index contributed by atoms with van der Waals surface area (Å²) in [5.41, 5.74) is 1.84. The number of aryl methyl sites for hydroxylation is 2. The third kappa shape index (κ3) is 2.21. The summed E-state index contributed by atoms with van der Waals surface area (Å²) in [5, 5.41) is 10.3. The normalized spacial score (nSPS) is 17.1. The molecule has 8 nitrogen and oxygen atoms in total. The van der Waals surface area contributed by atoms with Crippen molar-refractivity contribution in [3.05, 3.63) is 50.7 Å². The average molecular weight is 341 g/mol. The Labute approximate surface area is 143 Å². The fourth-order valence-electron chi connectivity index (χ4n) is 3.32. The Hall–Kier alpha value is -2.87. The molecule has 0 saturated heterocycles. The van der Waals surface area contributed by atoms with Crippen molar-refractivity contribution in [1.29, 1.82) is 0 Å². The maximum absolute atomic E-state index is 12.6. The van der Waals surface area contributed by atoms with Gasteiger partial charge in [0.2, 0.25) is 5.95 Å². The first-order valence-corrected chi connectivity index (χ1v) is 8.07. The minimum atomic E-state index is -0.645. The van der Waals surface area contributed by atoms with Crippen LogP contribution in [0.15, 0.2) is 33.9 Å². The Morgan fingerprint density at radius 2 is 1.76 bits per heavy atom. The molecule has 0 bridgehead atoms. The predicted molar refractivity (Wildman–Crippen MR) is 94.4 cm³/mol. The van der Waals surface area contributed by atoms with Crippen molar-refractivity contribution in [3.8, 4) is 0 Å². The van der Waals surface area contributed by atoms with Gasteiger partial charge in [0.15, 0.2) is 11.2 Å². The highest BCUT2D eigenvalue weighted by molar-refractivity contribution is 5.77. The molecule has 1 atom stereocenters. The second-order valence-corrected chi connectivity index (χ2v) is 6.50. The van der Waals surface area contributed by atoms with E-state index >= 15 is 0 Å². The second kappa shape index (κ2) is 5.32. The summed E-state index contributed by atoms with van der Waals surface area (Å²) in [6.07, 6.45) is -0.645. The fraction of sp³-hybridized carbons (Fsp3) is 0.353. The van der Waals surface area contributed by atoms with Crippen LogP contribution in [0.25, 0.3) is 11.2 Å². The number of aromatic nitrogens is 4. The van der Waals surface area contributed by atoms with E-state index in [-0.39, 0.29) is 6.54 Å². The summed E-state index contributed by atoms with van der Waals surface area (Å²) in [7, 11) is 3.04. The summed E-state index contributed by atoms with van der Waals surface area (Å²) in [6.45, 7) is 2.64. The molecule has 1 aromatic carbocycles. The number of hydrogen-bond acceptors (Lipinski definition) is 5. The van der Waals surface area contributed by atoms with Crippen molar-refractivity contribution < 1.29 is 5.11 Å². The van der Waals surface area contributed by atoms with Gasteiger partial charge >= 0.3 is 5.69 Å². The molecule has 130 valence electrons. The van der Waals surface area contributed by atoms with Gasteiger partial charge in [0, 0.05) is 19.8 Å². The largest absolute Gasteiger partial charge is 0.389 e. The SMILES string of the molecule is Cc1ccc(N2C[C@@H](O)Cn3c2nc2c3c(=O)n(C)c(=O)n2C)cc1. The molecule has 4 rings (SSSR count). The van der Waals surface area contributed by atoms with E-state index in [9.17, 15) is 14.7 Å². The lowest BCUT2D eigenvalue weighted by molar-refractivity contribution is 0.154. The molecular weight excluding hydrogens is 322 g/mol. The Balaban J connectivity index is 2.03. The molecule has 25 heavy (non-hydrogen) atoms. The first-order valence-electron chi connectivity index (χ1n) is 8.07. The minimum Gasteiger partial charge on any atom is -0.389 e. The number of rotatable bonds is 1. The van der Waals surface area contributed by atoms with Crippen LogP contribution in [-0.4, -0.2) is 36.4 Å². The second-order valence-electron chi connectivity index (χ2n) is 6.50. The molecular formula is C17H19N5O3. The van der Waals surface area contributed by atoms with Crippen molar-refractivity contribution in [2.75, 3.05) is 11.4 Å². The summed E-state index contributed by atoms with van der Waals surface area (Å²) in [4.78, 5) is 31.2. The van der Waals surface area contributed by atoms with E-state index in [1.54, 1.807) is 11.6 Å². The van der Waals surface area contributed by atoms with Crippen LogP contribution in [0.2, 0.25) is 0 Å². The molecule has 1 aliphatic heterocycles. The van der Waals surface area contributed by atoms with Crippen LogP contribution in [0.3, 0.4) is 0 Å². The standard InChI is InChI=1S/C17H19N5O3/c1-10-4-6-11(7-5-10)21-8-12(23)9-22-13-14(18-16(21)22)19(2)17(25)20(3)15(13)24/h4-7,12,23H,8-9H2,1-3H3/t12-/m1/s1. The fourth-order valence-corrected chi connectivity index (χ4v) is 3.32. The summed E-state index contributed by atoms with van der Waals surface area (Å²) in [6, 6.07) is 7.87. The molecule has 0 saturated carbocycles. The van der Waals surface area contributed by atoms with Crippen LogP contribution >= 0.6 is 0 Å². The molecule has 0 amide bonds. The maximum atomic E-state index is 12.6. The predicted octanol–water partition coefficient (Wildman–Crippen LogP) is 0.255. The molecule has 8 heteroatoms. The van der Waals surface area contributed by atoms with E-state index in [0.29, 0.717) is 23.7 Å². The minimum absolute atomic E-state index is 0.266. The van der Waals surface area contributed by atoms with Gasteiger partial charge < -0.3 is 14.6 Å². The van der Waals surface area contributed by atoms with E-state index in [4.69, 9.17) is 0 Å². The number of fused-ring (bicyclic) bond motifs is 3. The molecule has 1 N–H and O–H groups in total. The number of nitrogens with zero attached hydrogens (tertiary/aromatic N) is 5. The quantitative estimate of drug-likeness (QED) is 0.686. The van der Waals surface area contributed by atoms with Gasteiger partial charge in [-0.3, -0.25) is 13.9 Å². The molecule has 2 aromatic heterocycles. The summed E-state index contributed by atoms with van der Waals surface area (Å²) in [5.74, 6) is 0.558. The Bertz CT molecular complexity index is 1090. The molecule has 0 aliphatic carbocycles. The van der Waals surface area contributed by atoms with Crippen LogP contribution in [0.1, 0.15) is 5.56 Å². The van der Waals surface area contributed by atoms with Crippen LogP contribution in [0, 0.1) is 6.92 Å². The van der Waals surface area contributed by atoms with Crippen LogP contribution in [0.5, 0.6) is 0 Å². The zero-order valence-corrected chi connectivity index (χ0v) is 14.3. The molecule has 0 fully saturated rings. The smallest absolute Gasteiger partial charge is 0.332 e. The molecule has 0 unspecified atom stereocenters. The van der Waals surface area contributed by atoms with Crippen LogP contribution < -0.4 is 16.1 Å². The summed E-state index contributed by atoms with van der Waals surface area (Å²) < 4.78 is 4.13. The number of aliphatic hydroxyl groups excluding tert-OH is 1. The highest BCUT2D eigenvalue weighted by Gasteiger charge is 2.30. The van der Waals surface area contributed by atoms with Crippen LogP contribution in [-0.2, 0) is 20.6 Å². The average Bonchev–Trinajstić information content (AvgIpc) is 2.97.